The topological polar surface area (TPSA) is 109 Å². The molecule has 0 radical (unpaired) electrons. The van der Waals surface area contributed by atoms with Crippen molar-refractivity contribution in [2.75, 3.05) is 20.3 Å². The first-order valence-electron chi connectivity index (χ1n) is 8.82. The molecule has 29 heavy (non-hydrogen) atoms. The summed E-state index contributed by atoms with van der Waals surface area (Å²) >= 11 is 0. The molecule has 3 aromatic rings. The second-order valence-electron chi connectivity index (χ2n) is 6.33. The summed E-state index contributed by atoms with van der Waals surface area (Å²) in [5.74, 6) is 0.497. The molecule has 9 heteroatoms. The first-order chi connectivity index (χ1) is 13.9. The maximum Gasteiger partial charge on any atom is 0.247 e. The molecule has 8 nitrogen and oxygen atoms in total. The van der Waals surface area contributed by atoms with Crippen LogP contribution in [0.2, 0.25) is 0 Å². The molecular weight excluding hydrogens is 392 g/mol. The number of sulfonamides is 1. The minimum Gasteiger partial charge on any atom is -0.419 e. The second-order valence-corrected chi connectivity index (χ2v) is 8.27. The zero-order valence-electron chi connectivity index (χ0n) is 16.1. The van der Waals surface area contributed by atoms with E-state index in [4.69, 9.17) is 14.4 Å². The number of ether oxygens (including phenoxy) is 1. The SMILES string of the molecule is COCCN(Cc1nnc(-c2ccc(C)cc2)o1)S(=O)(=O)c1ccc(C#N)cc1. The van der Waals surface area contributed by atoms with E-state index in [0.717, 1.165) is 11.1 Å². The van der Waals surface area contributed by atoms with Gasteiger partial charge in [0.15, 0.2) is 0 Å². The molecule has 1 heterocycles. The highest BCUT2D eigenvalue weighted by Crippen LogP contribution is 2.22. The third-order valence-electron chi connectivity index (χ3n) is 4.24. The van der Waals surface area contributed by atoms with Gasteiger partial charge in [0.05, 0.1) is 29.7 Å². The van der Waals surface area contributed by atoms with Crippen LogP contribution >= 0.6 is 0 Å². The Morgan fingerprint density at radius 3 is 2.41 bits per heavy atom. The van der Waals surface area contributed by atoms with Crippen LogP contribution in [-0.4, -0.2) is 43.2 Å². The summed E-state index contributed by atoms with van der Waals surface area (Å²) in [7, 11) is -2.35. The van der Waals surface area contributed by atoms with Gasteiger partial charge in [0.2, 0.25) is 21.8 Å². The number of nitrogens with zero attached hydrogens (tertiary/aromatic N) is 4. The minimum absolute atomic E-state index is 0.0749. The zero-order chi connectivity index (χ0) is 20.9. The molecular formula is C20H20N4O4S. The molecule has 0 unspecified atom stereocenters. The number of benzene rings is 2. The van der Waals surface area contributed by atoms with Crippen molar-refractivity contribution < 1.29 is 17.6 Å². The van der Waals surface area contributed by atoms with E-state index in [1.54, 1.807) is 0 Å². The van der Waals surface area contributed by atoms with E-state index in [0.29, 0.717) is 11.5 Å². The van der Waals surface area contributed by atoms with Gasteiger partial charge in [0.1, 0.15) is 0 Å². The molecule has 0 aliphatic carbocycles. The number of aromatic nitrogens is 2. The molecule has 0 N–H and O–H groups in total. The molecule has 0 saturated heterocycles. The van der Waals surface area contributed by atoms with Gasteiger partial charge in [0.25, 0.3) is 0 Å². The van der Waals surface area contributed by atoms with Gasteiger partial charge in [-0.15, -0.1) is 10.2 Å². The highest BCUT2D eigenvalue weighted by molar-refractivity contribution is 7.89. The fourth-order valence-corrected chi connectivity index (χ4v) is 3.98. The van der Waals surface area contributed by atoms with E-state index < -0.39 is 10.0 Å². The summed E-state index contributed by atoms with van der Waals surface area (Å²) in [6.45, 7) is 2.20. The minimum atomic E-state index is -3.84. The summed E-state index contributed by atoms with van der Waals surface area (Å²) in [4.78, 5) is 0.0749. The Morgan fingerprint density at radius 1 is 1.10 bits per heavy atom. The second kappa shape index (κ2) is 8.96. The fourth-order valence-electron chi connectivity index (χ4n) is 2.61. The van der Waals surface area contributed by atoms with E-state index >= 15 is 0 Å². The summed E-state index contributed by atoms with van der Waals surface area (Å²) in [5.41, 5.74) is 2.24. The van der Waals surface area contributed by atoms with Gasteiger partial charge in [-0.05, 0) is 43.3 Å². The molecule has 0 fully saturated rings. The van der Waals surface area contributed by atoms with Crippen molar-refractivity contribution in [2.24, 2.45) is 0 Å². The summed E-state index contributed by atoms with van der Waals surface area (Å²) < 4.78 is 38.0. The van der Waals surface area contributed by atoms with Crippen molar-refractivity contribution in [3.63, 3.8) is 0 Å². The Hall–Kier alpha value is -3.06. The molecule has 1 aromatic heterocycles. The van der Waals surface area contributed by atoms with E-state index in [9.17, 15) is 8.42 Å². The summed E-state index contributed by atoms with van der Waals surface area (Å²) in [6, 6.07) is 15.3. The predicted octanol–water partition coefficient (Wildman–Crippen LogP) is 2.75. The van der Waals surface area contributed by atoms with E-state index in [2.05, 4.69) is 10.2 Å². The fraction of sp³-hybridized carbons (Fsp3) is 0.250. The lowest BCUT2D eigenvalue weighted by atomic mass is 10.1. The standard InChI is InChI=1S/C20H20N4O4S/c1-15-3-7-17(8-4-15)20-23-22-19(28-20)14-24(11-12-27-2)29(25,26)18-9-5-16(13-21)6-10-18/h3-10H,11-12,14H2,1-2H3. The van der Waals surface area contributed by atoms with Crippen LogP contribution in [-0.2, 0) is 21.3 Å². The van der Waals surface area contributed by atoms with Crippen LogP contribution in [0.25, 0.3) is 11.5 Å². The maximum atomic E-state index is 13.1. The molecule has 0 saturated carbocycles. The van der Waals surface area contributed by atoms with E-state index in [1.165, 1.54) is 35.7 Å². The number of methoxy groups -OCH3 is 1. The lowest BCUT2D eigenvalue weighted by Crippen LogP contribution is -2.33. The van der Waals surface area contributed by atoms with Gasteiger partial charge in [-0.3, -0.25) is 0 Å². The Bertz CT molecular complexity index is 1100. The Kier molecular flexibility index (Phi) is 6.39. The Labute approximate surface area is 169 Å². The lowest BCUT2D eigenvalue weighted by Gasteiger charge is -2.20. The molecule has 0 aliphatic heterocycles. The highest BCUT2D eigenvalue weighted by atomic mass is 32.2. The van der Waals surface area contributed by atoms with Crippen LogP contribution in [0.5, 0.6) is 0 Å². The lowest BCUT2D eigenvalue weighted by molar-refractivity contribution is 0.174. The van der Waals surface area contributed by atoms with E-state index in [-0.39, 0.29) is 30.5 Å². The molecule has 0 aliphatic rings. The van der Waals surface area contributed by atoms with Crippen LogP contribution in [0.1, 0.15) is 17.0 Å². The van der Waals surface area contributed by atoms with Crippen molar-refractivity contribution in [3.05, 3.63) is 65.5 Å². The normalized spacial score (nSPS) is 11.5. The van der Waals surface area contributed by atoms with Crippen molar-refractivity contribution in [1.29, 1.82) is 5.26 Å². The smallest absolute Gasteiger partial charge is 0.247 e. The van der Waals surface area contributed by atoms with Gasteiger partial charge < -0.3 is 9.15 Å². The number of aryl methyl sites for hydroxylation is 1. The molecule has 0 atom stereocenters. The quantitative estimate of drug-likeness (QED) is 0.559. The van der Waals surface area contributed by atoms with Gasteiger partial charge >= 0.3 is 0 Å². The van der Waals surface area contributed by atoms with Gasteiger partial charge in [-0.25, -0.2) is 8.42 Å². The number of hydrogen-bond donors (Lipinski definition) is 0. The monoisotopic (exact) mass is 412 g/mol. The molecule has 2 aromatic carbocycles. The third-order valence-corrected chi connectivity index (χ3v) is 6.10. The van der Waals surface area contributed by atoms with Crippen LogP contribution in [0.3, 0.4) is 0 Å². The molecule has 0 bridgehead atoms. The predicted molar refractivity (Wildman–Crippen MR) is 105 cm³/mol. The van der Waals surface area contributed by atoms with Crippen molar-refractivity contribution in [1.82, 2.24) is 14.5 Å². The largest absolute Gasteiger partial charge is 0.419 e. The van der Waals surface area contributed by atoms with Crippen LogP contribution in [0.4, 0.5) is 0 Å². The van der Waals surface area contributed by atoms with Crippen molar-refractivity contribution in [3.8, 4) is 17.5 Å². The van der Waals surface area contributed by atoms with Gasteiger partial charge in [-0.2, -0.15) is 9.57 Å². The first-order valence-corrected chi connectivity index (χ1v) is 10.3. The number of rotatable bonds is 8. The Balaban J connectivity index is 1.85. The molecule has 3 rings (SSSR count). The van der Waals surface area contributed by atoms with E-state index in [1.807, 2.05) is 37.3 Å². The third kappa shape index (κ3) is 4.86. The molecule has 0 amide bonds. The van der Waals surface area contributed by atoms with Crippen molar-refractivity contribution in [2.45, 2.75) is 18.4 Å². The average Bonchev–Trinajstić information content (AvgIpc) is 3.20. The van der Waals surface area contributed by atoms with Crippen LogP contribution < -0.4 is 0 Å². The van der Waals surface area contributed by atoms with Crippen LogP contribution in [0.15, 0.2) is 57.8 Å². The first kappa shape index (κ1) is 20.7. The average molecular weight is 412 g/mol. The highest BCUT2D eigenvalue weighted by Gasteiger charge is 2.26. The molecule has 0 spiro atoms. The maximum absolute atomic E-state index is 13.1. The number of nitriles is 1. The summed E-state index contributed by atoms with van der Waals surface area (Å²) in [5, 5.41) is 16.9. The van der Waals surface area contributed by atoms with Gasteiger partial charge in [0, 0.05) is 19.2 Å². The number of hydrogen-bond acceptors (Lipinski definition) is 7. The van der Waals surface area contributed by atoms with Gasteiger partial charge in [-0.1, -0.05) is 17.7 Å². The Morgan fingerprint density at radius 2 is 1.79 bits per heavy atom. The van der Waals surface area contributed by atoms with Crippen molar-refractivity contribution >= 4 is 10.0 Å². The van der Waals surface area contributed by atoms with Crippen LogP contribution in [0, 0.1) is 18.3 Å². The summed E-state index contributed by atoms with van der Waals surface area (Å²) in [6.07, 6.45) is 0. The zero-order valence-corrected chi connectivity index (χ0v) is 16.9. The molecule has 150 valence electrons.